The lowest BCUT2D eigenvalue weighted by atomic mass is 9.76. The zero-order chi connectivity index (χ0) is 16.6. The zero-order valence-electron chi connectivity index (χ0n) is 14.1. The summed E-state index contributed by atoms with van der Waals surface area (Å²) < 4.78 is 11.6. The molecule has 0 N–H and O–H groups in total. The van der Waals surface area contributed by atoms with Crippen LogP contribution < -0.4 is 9.47 Å². The Morgan fingerprint density at radius 3 is 2.57 bits per heavy atom. The largest absolute Gasteiger partial charge is 0.488 e. The van der Waals surface area contributed by atoms with Crippen molar-refractivity contribution in [3.05, 3.63) is 58.7 Å². The fourth-order valence-electron chi connectivity index (χ4n) is 3.41. The van der Waals surface area contributed by atoms with Crippen molar-refractivity contribution in [2.45, 2.75) is 46.1 Å². The second-order valence-corrected chi connectivity index (χ2v) is 6.83. The highest BCUT2D eigenvalue weighted by Gasteiger charge is 2.36. The average molecular weight is 310 g/mol. The van der Waals surface area contributed by atoms with Gasteiger partial charge in [0.2, 0.25) is 0 Å². The third kappa shape index (κ3) is 2.96. The van der Waals surface area contributed by atoms with Crippen molar-refractivity contribution in [3.8, 4) is 11.5 Å². The number of carbonyl (C=O) groups excluding carboxylic acids is 1. The summed E-state index contributed by atoms with van der Waals surface area (Å²) in [4.78, 5) is 11.8. The molecule has 1 heterocycles. The molecule has 3 heteroatoms. The second-order valence-electron chi connectivity index (χ2n) is 6.83. The standard InChI is InChI=1S/C20H22O3/c1-13-10-16-18(20(3,4)11-17(21)23-16)14(2)19(13)22-12-15-8-6-5-7-9-15/h5-10H,11-12H2,1-4H3. The summed E-state index contributed by atoms with van der Waals surface area (Å²) >= 11 is 0. The number of rotatable bonds is 3. The molecular formula is C20H22O3. The fraction of sp³-hybridized carbons (Fsp3) is 0.350. The highest BCUT2D eigenvalue weighted by molar-refractivity contribution is 5.79. The molecule has 23 heavy (non-hydrogen) atoms. The molecule has 0 saturated heterocycles. The lowest BCUT2D eigenvalue weighted by molar-refractivity contribution is -0.136. The first-order chi connectivity index (χ1) is 10.9. The van der Waals surface area contributed by atoms with Crippen LogP contribution >= 0.6 is 0 Å². The van der Waals surface area contributed by atoms with E-state index in [1.165, 1.54) is 0 Å². The molecule has 1 aliphatic rings. The number of aryl methyl sites for hydroxylation is 1. The minimum atomic E-state index is -0.243. The fourth-order valence-corrected chi connectivity index (χ4v) is 3.41. The highest BCUT2D eigenvalue weighted by Crippen LogP contribution is 2.45. The number of hydrogen-bond donors (Lipinski definition) is 0. The Morgan fingerprint density at radius 2 is 1.87 bits per heavy atom. The molecule has 0 radical (unpaired) electrons. The van der Waals surface area contributed by atoms with E-state index < -0.39 is 0 Å². The van der Waals surface area contributed by atoms with Crippen LogP contribution in [0, 0.1) is 13.8 Å². The lowest BCUT2D eigenvalue weighted by Crippen LogP contribution is -2.31. The van der Waals surface area contributed by atoms with E-state index in [4.69, 9.17) is 9.47 Å². The van der Waals surface area contributed by atoms with E-state index in [1.807, 2.05) is 38.1 Å². The number of esters is 1. The van der Waals surface area contributed by atoms with Crippen molar-refractivity contribution in [2.24, 2.45) is 0 Å². The minimum Gasteiger partial charge on any atom is -0.488 e. The van der Waals surface area contributed by atoms with Gasteiger partial charge in [-0.25, -0.2) is 0 Å². The van der Waals surface area contributed by atoms with Gasteiger partial charge in [-0.1, -0.05) is 44.2 Å². The monoisotopic (exact) mass is 310 g/mol. The van der Waals surface area contributed by atoms with Crippen LogP contribution in [0.2, 0.25) is 0 Å². The summed E-state index contributed by atoms with van der Waals surface area (Å²) in [5.41, 5.74) is 4.02. The third-order valence-corrected chi connectivity index (χ3v) is 4.38. The van der Waals surface area contributed by atoms with E-state index in [-0.39, 0.29) is 11.4 Å². The first kappa shape index (κ1) is 15.6. The Hall–Kier alpha value is -2.29. The van der Waals surface area contributed by atoms with Gasteiger partial charge in [-0.15, -0.1) is 0 Å². The summed E-state index contributed by atoms with van der Waals surface area (Å²) in [7, 11) is 0. The molecule has 0 fully saturated rings. The molecule has 0 saturated carbocycles. The van der Waals surface area contributed by atoms with Gasteiger partial charge in [-0.2, -0.15) is 0 Å². The van der Waals surface area contributed by atoms with E-state index in [1.54, 1.807) is 0 Å². The second kappa shape index (κ2) is 5.73. The number of ether oxygens (including phenoxy) is 2. The van der Waals surface area contributed by atoms with E-state index in [9.17, 15) is 4.79 Å². The quantitative estimate of drug-likeness (QED) is 0.620. The van der Waals surface area contributed by atoms with Crippen molar-refractivity contribution in [1.82, 2.24) is 0 Å². The first-order valence-corrected chi connectivity index (χ1v) is 7.90. The van der Waals surface area contributed by atoms with Crippen molar-refractivity contribution < 1.29 is 14.3 Å². The summed E-state index contributed by atoms with van der Waals surface area (Å²) in [6.45, 7) is 8.72. The molecule has 0 bridgehead atoms. The number of hydrogen-bond acceptors (Lipinski definition) is 3. The molecule has 120 valence electrons. The number of fused-ring (bicyclic) bond motifs is 1. The molecule has 0 amide bonds. The van der Waals surface area contributed by atoms with Gasteiger partial charge in [0.25, 0.3) is 0 Å². The van der Waals surface area contributed by atoms with Gasteiger partial charge in [-0.3, -0.25) is 4.79 Å². The topological polar surface area (TPSA) is 35.5 Å². The van der Waals surface area contributed by atoms with Crippen molar-refractivity contribution in [3.63, 3.8) is 0 Å². The van der Waals surface area contributed by atoms with Gasteiger partial charge in [0, 0.05) is 11.0 Å². The van der Waals surface area contributed by atoms with Gasteiger partial charge in [0.1, 0.15) is 18.1 Å². The van der Waals surface area contributed by atoms with E-state index in [0.717, 1.165) is 28.0 Å². The molecule has 0 aliphatic carbocycles. The molecule has 3 nitrogen and oxygen atoms in total. The highest BCUT2D eigenvalue weighted by atomic mass is 16.5. The molecule has 2 aromatic rings. The summed E-state index contributed by atoms with van der Waals surface area (Å²) in [6.07, 6.45) is 0.391. The predicted molar refractivity (Wildman–Crippen MR) is 90.0 cm³/mol. The van der Waals surface area contributed by atoms with E-state index in [0.29, 0.717) is 18.8 Å². The van der Waals surface area contributed by atoms with Crippen LogP contribution in [0.5, 0.6) is 11.5 Å². The SMILES string of the molecule is Cc1cc2c(c(C)c1OCc1ccccc1)C(C)(C)CC(=O)O2. The van der Waals surface area contributed by atoms with Crippen LogP contribution in [0.3, 0.4) is 0 Å². The van der Waals surface area contributed by atoms with Gasteiger partial charge in [0.05, 0.1) is 6.42 Å². The molecule has 2 aromatic carbocycles. The Morgan fingerprint density at radius 1 is 1.17 bits per heavy atom. The average Bonchev–Trinajstić information content (AvgIpc) is 2.45. The summed E-state index contributed by atoms with van der Waals surface area (Å²) in [5, 5.41) is 0. The summed E-state index contributed by atoms with van der Waals surface area (Å²) in [5.74, 6) is 1.39. The molecule has 0 unspecified atom stereocenters. The predicted octanol–water partition coefficient (Wildman–Crippen LogP) is 4.47. The molecule has 0 spiro atoms. The lowest BCUT2D eigenvalue weighted by Gasteiger charge is -2.33. The molecule has 1 aliphatic heterocycles. The van der Waals surface area contributed by atoms with Gasteiger partial charge < -0.3 is 9.47 Å². The Kier molecular flexibility index (Phi) is 3.88. The molecule has 3 rings (SSSR count). The first-order valence-electron chi connectivity index (χ1n) is 7.90. The number of carbonyl (C=O) groups is 1. The van der Waals surface area contributed by atoms with Crippen LogP contribution in [0.15, 0.2) is 36.4 Å². The Balaban J connectivity index is 1.98. The maximum atomic E-state index is 11.8. The third-order valence-electron chi connectivity index (χ3n) is 4.38. The Labute approximate surface area is 137 Å². The maximum absolute atomic E-state index is 11.8. The van der Waals surface area contributed by atoms with Crippen LogP contribution in [-0.2, 0) is 16.8 Å². The van der Waals surface area contributed by atoms with Crippen LogP contribution in [-0.4, -0.2) is 5.97 Å². The van der Waals surface area contributed by atoms with Gasteiger partial charge >= 0.3 is 5.97 Å². The molecule has 0 atom stereocenters. The van der Waals surface area contributed by atoms with Crippen LogP contribution in [0.4, 0.5) is 0 Å². The zero-order valence-corrected chi connectivity index (χ0v) is 14.1. The maximum Gasteiger partial charge on any atom is 0.312 e. The smallest absolute Gasteiger partial charge is 0.312 e. The molecule has 0 aromatic heterocycles. The van der Waals surface area contributed by atoms with E-state index in [2.05, 4.69) is 26.0 Å². The van der Waals surface area contributed by atoms with E-state index >= 15 is 0 Å². The molecular weight excluding hydrogens is 288 g/mol. The van der Waals surface area contributed by atoms with Crippen LogP contribution in [0.25, 0.3) is 0 Å². The van der Waals surface area contributed by atoms with Crippen molar-refractivity contribution in [1.29, 1.82) is 0 Å². The summed E-state index contributed by atoms with van der Waals surface area (Å²) in [6, 6.07) is 12.0. The normalized spacial score (nSPS) is 15.7. The van der Waals surface area contributed by atoms with Crippen molar-refractivity contribution in [2.75, 3.05) is 0 Å². The van der Waals surface area contributed by atoms with Gasteiger partial charge in [0.15, 0.2) is 0 Å². The Bertz CT molecular complexity index is 745. The van der Waals surface area contributed by atoms with Crippen molar-refractivity contribution >= 4 is 5.97 Å². The minimum absolute atomic E-state index is 0.167. The van der Waals surface area contributed by atoms with Gasteiger partial charge in [-0.05, 0) is 36.6 Å². The van der Waals surface area contributed by atoms with Crippen LogP contribution in [0.1, 0.15) is 42.5 Å². The number of benzene rings is 2.